The molecule has 0 unspecified atom stereocenters. The van der Waals surface area contributed by atoms with Crippen molar-refractivity contribution in [1.29, 1.82) is 0 Å². The Balaban J connectivity index is 1.74. The Morgan fingerprint density at radius 3 is 2.50 bits per heavy atom. The third-order valence-electron chi connectivity index (χ3n) is 6.78. The van der Waals surface area contributed by atoms with Crippen molar-refractivity contribution in [2.75, 3.05) is 38.8 Å². The Kier molecular flexibility index (Phi) is 9.79. The largest absolute Gasteiger partial charge is 0.493 e. The van der Waals surface area contributed by atoms with Crippen LogP contribution < -0.4 is 25.0 Å². The minimum Gasteiger partial charge on any atom is -0.493 e. The summed E-state index contributed by atoms with van der Waals surface area (Å²) in [6.45, 7) is 4.54. The molecule has 2 N–H and O–H groups in total. The lowest BCUT2D eigenvalue weighted by molar-refractivity contribution is -0.126. The second kappa shape index (κ2) is 13.5. The number of amides is 3. The van der Waals surface area contributed by atoms with E-state index in [0.717, 1.165) is 24.0 Å². The van der Waals surface area contributed by atoms with Gasteiger partial charge in [0.2, 0.25) is 11.8 Å². The number of aryl methyl sites for hydroxylation is 2. The van der Waals surface area contributed by atoms with Crippen LogP contribution in [0.25, 0.3) is 0 Å². The van der Waals surface area contributed by atoms with Gasteiger partial charge in [-0.05, 0) is 67.5 Å². The molecule has 9 nitrogen and oxygen atoms in total. The average Bonchev–Trinajstić information content (AvgIpc) is 3.68. The summed E-state index contributed by atoms with van der Waals surface area (Å²) in [5.41, 5.74) is 2.92. The molecule has 0 spiro atoms. The summed E-state index contributed by atoms with van der Waals surface area (Å²) in [5, 5.41) is 7.51. The molecule has 3 amide bonds. The second-order valence-electron chi connectivity index (χ2n) is 9.61. The van der Waals surface area contributed by atoms with Gasteiger partial charge in [-0.25, -0.2) is 0 Å². The molecule has 2 atom stereocenters. The highest BCUT2D eigenvalue weighted by molar-refractivity contribution is 7.12. The van der Waals surface area contributed by atoms with E-state index in [1.807, 2.05) is 32.0 Å². The highest BCUT2D eigenvalue weighted by Crippen LogP contribution is 2.35. The molecule has 1 saturated heterocycles. The van der Waals surface area contributed by atoms with E-state index in [1.165, 1.54) is 30.5 Å². The van der Waals surface area contributed by atoms with Crippen LogP contribution in [0.1, 0.15) is 45.2 Å². The lowest BCUT2D eigenvalue weighted by Crippen LogP contribution is -2.48. The van der Waals surface area contributed by atoms with Gasteiger partial charge in [0, 0.05) is 18.8 Å². The van der Waals surface area contributed by atoms with E-state index in [9.17, 15) is 14.4 Å². The Bertz CT molecular complexity index is 1340. The van der Waals surface area contributed by atoms with E-state index < -0.39 is 11.9 Å². The number of nitrogens with one attached hydrogen (secondary N) is 2. The number of anilines is 1. The maximum absolute atomic E-state index is 14.0. The summed E-state index contributed by atoms with van der Waals surface area (Å²) < 4.78 is 16.6. The molecule has 1 aliphatic rings. The Morgan fingerprint density at radius 2 is 1.85 bits per heavy atom. The van der Waals surface area contributed by atoms with Crippen LogP contribution in [-0.2, 0) is 14.3 Å². The van der Waals surface area contributed by atoms with Gasteiger partial charge in [-0.3, -0.25) is 19.3 Å². The molecule has 4 rings (SSSR count). The van der Waals surface area contributed by atoms with Crippen molar-refractivity contribution in [3.05, 3.63) is 75.5 Å². The van der Waals surface area contributed by atoms with Crippen molar-refractivity contribution in [2.45, 2.75) is 38.8 Å². The molecule has 0 bridgehead atoms. The maximum Gasteiger partial charge on any atom is 0.261 e. The fourth-order valence-electron chi connectivity index (χ4n) is 4.79. The summed E-state index contributed by atoms with van der Waals surface area (Å²) in [7, 11) is 3.05. The minimum absolute atomic E-state index is 0.0784. The Morgan fingerprint density at radius 1 is 1.05 bits per heavy atom. The van der Waals surface area contributed by atoms with Crippen LogP contribution in [0.5, 0.6) is 11.5 Å². The normalized spacial score (nSPS) is 15.2. The second-order valence-corrected chi connectivity index (χ2v) is 10.6. The van der Waals surface area contributed by atoms with Crippen LogP contribution in [-0.4, -0.2) is 57.7 Å². The topological polar surface area (TPSA) is 106 Å². The number of thiophene rings is 1. The highest BCUT2D eigenvalue weighted by atomic mass is 32.1. The van der Waals surface area contributed by atoms with E-state index in [4.69, 9.17) is 14.2 Å². The molecule has 212 valence electrons. The monoisotopic (exact) mass is 565 g/mol. The molecular formula is C30H35N3O6S. The summed E-state index contributed by atoms with van der Waals surface area (Å²) in [5.74, 6) is -0.243. The number of ether oxygens (including phenoxy) is 3. The van der Waals surface area contributed by atoms with Gasteiger partial charge >= 0.3 is 0 Å². The first-order valence-electron chi connectivity index (χ1n) is 13.1. The van der Waals surface area contributed by atoms with Gasteiger partial charge in [0.1, 0.15) is 6.04 Å². The molecular weight excluding hydrogens is 530 g/mol. The van der Waals surface area contributed by atoms with Gasteiger partial charge in [-0.1, -0.05) is 29.8 Å². The number of methoxy groups -OCH3 is 2. The number of hydrogen-bond acceptors (Lipinski definition) is 7. The van der Waals surface area contributed by atoms with Gasteiger partial charge < -0.3 is 24.8 Å². The Labute approximate surface area is 238 Å². The fourth-order valence-corrected chi connectivity index (χ4v) is 5.43. The van der Waals surface area contributed by atoms with E-state index in [0.29, 0.717) is 40.8 Å². The SMILES string of the molecule is COc1ccc([C@H](C(=O)NC[C@H]2CCCO2)N(C(=O)CNC(=O)c2cccs2)c2ccc(C)cc2C)cc1OC. The van der Waals surface area contributed by atoms with Crippen LogP contribution in [0.3, 0.4) is 0 Å². The number of benzene rings is 2. The molecule has 1 aliphatic heterocycles. The highest BCUT2D eigenvalue weighted by Gasteiger charge is 2.35. The molecule has 1 fully saturated rings. The van der Waals surface area contributed by atoms with Gasteiger partial charge in [0.25, 0.3) is 5.91 Å². The average molecular weight is 566 g/mol. The number of carbonyl (C=O) groups excluding carboxylic acids is 3. The van der Waals surface area contributed by atoms with Crippen LogP contribution >= 0.6 is 11.3 Å². The Hall–Kier alpha value is -3.89. The standard InChI is InChI=1S/C30H35N3O6S/c1-19-9-11-23(20(2)15-19)33(27(34)18-32-29(35)26-8-6-14-40-26)28(30(36)31-17-22-7-5-13-39-22)21-10-12-24(37-3)25(16-21)38-4/h6,8-12,14-16,22,28H,5,7,13,17-18H2,1-4H3,(H,31,36)(H,32,35)/t22-,28-/m1/s1. The van der Waals surface area contributed by atoms with Gasteiger partial charge in [0.15, 0.2) is 11.5 Å². The summed E-state index contributed by atoms with van der Waals surface area (Å²) in [4.78, 5) is 42.5. The molecule has 2 aromatic carbocycles. The van der Waals surface area contributed by atoms with E-state index in [2.05, 4.69) is 10.6 Å². The first-order valence-corrected chi connectivity index (χ1v) is 14.0. The third kappa shape index (κ3) is 6.81. The smallest absolute Gasteiger partial charge is 0.261 e. The number of carbonyl (C=O) groups is 3. The quantitative estimate of drug-likeness (QED) is 0.361. The van der Waals surface area contributed by atoms with Crippen LogP contribution in [0.4, 0.5) is 5.69 Å². The number of nitrogens with zero attached hydrogens (tertiary/aromatic N) is 1. The molecule has 2 heterocycles. The number of rotatable bonds is 11. The zero-order valence-electron chi connectivity index (χ0n) is 23.2. The van der Waals surface area contributed by atoms with Gasteiger partial charge in [-0.2, -0.15) is 0 Å². The first kappa shape index (κ1) is 29.1. The molecule has 0 saturated carbocycles. The zero-order valence-corrected chi connectivity index (χ0v) is 24.0. The van der Waals surface area contributed by atoms with Crippen LogP contribution in [0, 0.1) is 13.8 Å². The summed E-state index contributed by atoms with van der Waals surface area (Å²) in [6.07, 6.45) is 1.72. The van der Waals surface area contributed by atoms with Gasteiger partial charge in [0.05, 0.1) is 31.7 Å². The van der Waals surface area contributed by atoms with Crippen LogP contribution in [0.2, 0.25) is 0 Å². The summed E-state index contributed by atoms with van der Waals surface area (Å²) >= 11 is 1.29. The molecule has 1 aromatic heterocycles. The van der Waals surface area contributed by atoms with E-state index >= 15 is 0 Å². The van der Waals surface area contributed by atoms with Crippen molar-refractivity contribution in [2.24, 2.45) is 0 Å². The first-order chi connectivity index (χ1) is 19.3. The van der Waals surface area contributed by atoms with Crippen molar-refractivity contribution >= 4 is 34.7 Å². The molecule has 0 radical (unpaired) electrons. The van der Waals surface area contributed by atoms with Crippen molar-refractivity contribution in [3.63, 3.8) is 0 Å². The van der Waals surface area contributed by atoms with Crippen molar-refractivity contribution in [3.8, 4) is 11.5 Å². The lowest BCUT2D eigenvalue weighted by Gasteiger charge is -2.33. The maximum atomic E-state index is 14.0. The van der Waals surface area contributed by atoms with E-state index in [-0.39, 0.29) is 24.5 Å². The predicted molar refractivity (Wildman–Crippen MR) is 154 cm³/mol. The van der Waals surface area contributed by atoms with Crippen molar-refractivity contribution < 1.29 is 28.6 Å². The predicted octanol–water partition coefficient (Wildman–Crippen LogP) is 4.18. The minimum atomic E-state index is -1.06. The summed E-state index contributed by atoms with van der Waals surface area (Å²) in [6, 6.07) is 13.2. The fraction of sp³-hybridized carbons (Fsp3) is 0.367. The third-order valence-corrected chi connectivity index (χ3v) is 7.65. The van der Waals surface area contributed by atoms with Gasteiger partial charge in [-0.15, -0.1) is 11.3 Å². The zero-order chi connectivity index (χ0) is 28.6. The lowest BCUT2D eigenvalue weighted by atomic mass is 10.00. The van der Waals surface area contributed by atoms with Crippen LogP contribution in [0.15, 0.2) is 53.9 Å². The molecule has 40 heavy (non-hydrogen) atoms. The van der Waals surface area contributed by atoms with E-state index in [1.54, 1.807) is 35.7 Å². The molecule has 10 heteroatoms. The van der Waals surface area contributed by atoms with Crippen molar-refractivity contribution in [1.82, 2.24) is 10.6 Å². The molecule has 3 aromatic rings. The molecule has 0 aliphatic carbocycles. The number of hydrogen-bond donors (Lipinski definition) is 2.